The number of para-hydroxylation sites is 2. The number of aliphatic hydroxyl groups is 1. The van der Waals surface area contributed by atoms with Gasteiger partial charge in [-0.3, -0.25) is 0 Å². The van der Waals surface area contributed by atoms with Crippen LogP contribution in [0.5, 0.6) is 0 Å². The first-order valence-electron chi connectivity index (χ1n) is 8.67. The van der Waals surface area contributed by atoms with E-state index in [2.05, 4.69) is 47.4 Å². The van der Waals surface area contributed by atoms with Crippen molar-refractivity contribution in [1.82, 2.24) is 9.55 Å². The lowest BCUT2D eigenvalue weighted by Crippen LogP contribution is -2.21. The van der Waals surface area contributed by atoms with E-state index in [1.54, 1.807) is 0 Å². The molecule has 0 unspecified atom stereocenters. The highest BCUT2D eigenvalue weighted by Crippen LogP contribution is 2.27. The van der Waals surface area contributed by atoms with Crippen molar-refractivity contribution in [2.24, 2.45) is 0 Å². The Morgan fingerprint density at radius 1 is 1.00 bits per heavy atom. The number of hydrogen-bond acceptors (Lipinski definition) is 3. The van der Waals surface area contributed by atoms with E-state index in [0.29, 0.717) is 5.82 Å². The second kappa shape index (κ2) is 7.05. The number of fused-ring (bicyclic) bond motifs is 1. The number of hydrogen-bond donors (Lipinski definition) is 1. The van der Waals surface area contributed by atoms with Crippen LogP contribution in [0.2, 0.25) is 0 Å². The number of imidazole rings is 1. The Labute approximate surface area is 143 Å². The van der Waals surface area contributed by atoms with Crippen LogP contribution in [0.3, 0.4) is 0 Å². The Kier molecular flexibility index (Phi) is 4.86. The average Bonchev–Trinajstić information content (AvgIpc) is 3.01. The summed E-state index contributed by atoms with van der Waals surface area (Å²) in [5, 5.41) is 10.9. The normalized spacial score (nSPS) is 12.5. The highest BCUT2D eigenvalue weighted by molar-refractivity contribution is 5.76. The number of nitrogens with zero attached hydrogens (tertiary/aromatic N) is 3. The third kappa shape index (κ3) is 2.89. The Morgan fingerprint density at radius 2 is 1.67 bits per heavy atom. The minimum absolute atomic E-state index is 0.703. The number of aliphatic hydroxyl groups excluding tert-OH is 1. The van der Waals surface area contributed by atoms with E-state index in [9.17, 15) is 5.11 Å². The van der Waals surface area contributed by atoms with Crippen LogP contribution in [0.25, 0.3) is 11.0 Å². The van der Waals surface area contributed by atoms with E-state index in [1.165, 1.54) is 5.69 Å². The molecule has 0 saturated heterocycles. The summed E-state index contributed by atoms with van der Waals surface area (Å²) < 4.78 is 2.08. The van der Waals surface area contributed by atoms with Crippen LogP contribution in [0.1, 0.15) is 38.3 Å². The molecule has 3 aromatic rings. The van der Waals surface area contributed by atoms with Gasteiger partial charge in [0.05, 0.1) is 11.0 Å². The fraction of sp³-hybridized carbons (Fsp3) is 0.350. The zero-order chi connectivity index (χ0) is 17.1. The van der Waals surface area contributed by atoms with Gasteiger partial charge in [0.1, 0.15) is 11.9 Å². The summed E-state index contributed by atoms with van der Waals surface area (Å²) in [5.41, 5.74) is 4.04. The van der Waals surface area contributed by atoms with Gasteiger partial charge in [0, 0.05) is 25.3 Å². The number of benzene rings is 2. The predicted octanol–water partition coefficient (Wildman–Crippen LogP) is 3.98. The van der Waals surface area contributed by atoms with Gasteiger partial charge in [-0.05, 0) is 50.6 Å². The Bertz CT molecular complexity index is 803. The monoisotopic (exact) mass is 323 g/mol. The summed E-state index contributed by atoms with van der Waals surface area (Å²) in [7, 11) is 0. The van der Waals surface area contributed by atoms with Crippen molar-refractivity contribution >= 4 is 16.7 Å². The van der Waals surface area contributed by atoms with Gasteiger partial charge >= 0.3 is 0 Å². The minimum atomic E-state index is -0.719. The quantitative estimate of drug-likeness (QED) is 0.746. The minimum Gasteiger partial charge on any atom is -0.380 e. The zero-order valence-electron chi connectivity index (χ0n) is 14.6. The maximum Gasteiger partial charge on any atom is 0.143 e. The van der Waals surface area contributed by atoms with Gasteiger partial charge in [-0.1, -0.05) is 24.3 Å². The first-order valence-corrected chi connectivity index (χ1v) is 8.67. The fourth-order valence-electron chi connectivity index (χ4n) is 3.24. The molecule has 0 bridgehead atoms. The molecule has 0 amide bonds. The molecule has 0 aliphatic heterocycles. The number of aromatic nitrogens is 2. The molecule has 2 aromatic carbocycles. The van der Waals surface area contributed by atoms with E-state index < -0.39 is 6.10 Å². The highest BCUT2D eigenvalue weighted by Gasteiger charge is 2.19. The number of rotatable bonds is 6. The van der Waals surface area contributed by atoms with Crippen LogP contribution in [0, 0.1) is 0 Å². The van der Waals surface area contributed by atoms with E-state index in [0.717, 1.165) is 36.2 Å². The van der Waals surface area contributed by atoms with Gasteiger partial charge in [-0.2, -0.15) is 0 Å². The molecular formula is C20H25N3O. The number of aryl methyl sites for hydroxylation is 1. The van der Waals surface area contributed by atoms with Gasteiger partial charge in [0.25, 0.3) is 0 Å². The fourth-order valence-corrected chi connectivity index (χ4v) is 3.24. The Hall–Kier alpha value is -2.33. The van der Waals surface area contributed by atoms with Crippen molar-refractivity contribution in [2.75, 3.05) is 18.0 Å². The van der Waals surface area contributed by atoms with Crippen molar-refractivity contribution in [3.8, 4) is 0 Å². The summed E-state index contributed by atoms with van der Waals surface area (Å²) in [6.07, 6.45) is -0.719. The molecule has 126 valence electrons. The molecule has 0 spiro atoms. The molecule has 1 aromatic heterocycles. The SMILES string of the molecule is CCN(CC)c1ccc([C@H](O)c2nc3ccccc3n2CC)cc1. The summed E-state index contributed by atoms with van der Waals surface area (Å²) in [5.74, 6) is 0.703. The summed E-state index contributed by atoms with van der Waals surface area (Å²) in [4.78, 5) is 6.94. The molecule has 0 radical (unpaired) electrons. The van der Waals surface area contributed by atoms with E-state index in [-0.39, 0.29) is 0 Å². The lowest BCUT2D eigenvalue weighted by atomic mass is 10.1. The zero-order valence-corrected chi connectivity index (χ0v) is 14.6. The highest BCUT2D eigenvalue weighted by atomic mass is 16.3. The first-order chi connectivity index (χ1) is 11.7. The van der Waals surface area contributed by atoms with Gasteiger partial charge in [0.2, 0.25) is 0 Å². The Balaban J connectivity index is 1.95. The molecule has 3 rings (SSSR count). The molecule has 4 heteroatoms. The van der Waals surface area contributed by atoms with Crippen molar-refractivity contribution in [1.29, 1.82) is 0 Å². The van der Waals surface area contributed by atoms with E-state index in [4.69, 9.17) is 0 Å². The predicted molar refractivity (Wildman–Crippen MR) is 99.5 cm³/mol. The van der Waals surface area contributed by atoms with Gasteiger partial charge in [-0.15, -0.1) is 0 Å². The van der Waals surface area contributed by atoms with Crippen LogP contribution in [-0.4, -0.2) is 27.7 Å². The summed E-state index contributed by atoms with van der Waals surface area (Å²) in [6, 6.07) is 16.2. The molecule has 0 saturated carbocycles. The molecular weight excluding hydrogens is 298 g/mol. The van der Waals surface area contributed by atoms with Crippen LogP contribution in [-0.2, 0) is 6.54 Å². The topological polar surface area (TPSA) is 41.3 Å². The first kappa shape index (κ1) is 16.5. The van der Waals surface area contributed by atoms with E-state index >= 15 is 0 Å². The number of anilines is 1. The van der Waals surface area contributed by atoms with Gasteiger partial charge < -0.3 is 14.6 Å². The van der Waals surface area contributed by atoms with Crippen LogP contribution < -0.4 is 4.90 Å². The van der Waals surface area contributed by atoms with Crippen LogP contribution >= 0.6 is 0 Å². The average molecular weight is 323 g/mol. The largest absolute Gasteiger partial charge is 0.380 e. The molecule has 1 N–H and O–H groups in total. The molecule has 0 aliphatic carbocycles. The van der Waals surface area contributed by atoms with Crippen molar-refractivity contribution < 1.29 is 5.11 Å². The smallest absolute Gasteiger partial charge is 0.143 e. The standard InChI is InChI=1S/C20H25N3O/c1-4-22(5-2)16-13-11-15(12-14-16)19(24)20-21-17-9-7-8-10-18(17)23(20)6-3/h7-14,19,24H,4-6H2,1-3H3/t19-/m0/s1. The molecule has 1 heterocycles. The third-order valence-corrected chi connectivity index (χ3v) is 4.58. The summed E-state index contributed by atoms with van der Waals surface area (Å²) in [6.45, 7) is 9.11. The van der Waals surface area contributed by atoms with Crippen LogP contribution in [0.4, 0.5) is 5.69 Å². The molecule has 0 aliphatic rings. The lowest BCUT2D eigenvalue weighted by molar-refractivity contribution is 0.205. The Morgan fingerprint density at radius 3 is 2.29 bits per heavy atom. The van der Waals surface area contributed by atoms with Crippen molar-refractivity contribution in [3.63, 3.8) is 0 Å². The molecule has 1 atom stereocenters. The van der Waals surface area contributed by atoms with Gasteiger partial charge in [0.15, 0.2) is 0 Å². The van der Waals surface area contributed by atoms with Crippen molar-refractivity contribution in [2.45, 2.75) is 33.4 Å². The van der Waals surface area contributed by atoms with Crippen LogP contribution in [0.15, 0.2) is 48.5 Å². The summed E-state index contributed by atoms with van der Waals surface area (Å²) >= 11 is 0. The second-order valence-corrected chi connectivity index (χ2v) is 5.87. The molecule has 0 fully saturated rings. The van der Waals surface area contributed by atoms with E-state index in [1.807, 2.05) is 36.4 Å². The van der Waals surface area contributed by atoms with Gasteiger partial charge in [-0.25, -0.2) is 4.98 Å². The molecule has 4 nitrogen and oxygen atoms in total. The maximum atomic E-state index is 10.9. The lowest BCUT2D eigenvalue weighted by Gasteiger charge is -2.21. The maximum absolute atomic E-state index is 10.9. The second-order valence-electron chi connectivity index (χ2n) is 5.87. The van der Waals surface area contributed by atoms with Crippen molar-refractivity contribution in [3.05, 3.63) is 59.9 Å². The molecule has 24 heavy (non-hydrogen) atoms. The third-order valence-electron chi connectivity index (χ3n) is 4.58.